The topological polar surface area (TPSA) is 206 Å². The van der Waals surface area contributed by atoms with E-state index in [2.05, 4.69) is 15.6 Å². The normalized spacial score (nSPS) is 38.5. The van der Waals surface area contributed by atoms with Crippen LogP contribution in [0.3, 0.4) is 0 Å². The smallest absolute Gasteiger partial charge is 0.404 e. The molecule has 3 heterocycles. The average molecular weight is 317 g/mol. The van der Waals surface area contributed by atoms with Crippen LogP contribution < -0.4 is 32.8 Å². The van der Waals surface area contributed by atoms with E-state index in [0.29, 0.717) is 0 Å². The zero-order valence-corrected chi connectivity index (χ0v) is 11.5. The summed E-state index contributed by atoms with van der Waals surface area (Å²) in [4.78, 5) is 13.6. The number of nitrogens with zero attached hydrogens (tertiary/aromatic N) is 1. The Bertz CT molecular complexity index is 590. The van der Waals surface area contributed by atoms with Crippen molar-refractivity contribution in [3.63, 3.8) is 0 Å². The monoisotopic (exact) mass is 317 g/mol. The van der Waals surface area contributed by atoms with Gasteiger partial charge in [-0.2, -0.15) is 0 Å². The molecule has 1 amide bonds. The van der Waals surface area contributed by atoms with Crippen LogP contribution >= 0.6 is 0 Å². The number of carbonyl (C=O) groups excluding carboxylic acids is 1. The second-order valence-electron chi connectivity index (χ2n) is 5.55. The molecule has 1 spiro atoms. The Morgan fingerprint density at radius 3 is 2.82 bits per heavy atom. The van der Waals surface area contributed by atoms with Crippen LogP contribution in [-0.2, 0) is 4.74 Å². The van der Waals surface area contributed by atoms with Crippen molar-refractivity contribution in [2.24, 2.45) is 17.2 Å². The van der Waals surface area contributed by atoms with Crippen molar-refractivity contribution in [2.45, 2.75) is 29.6 Å². The highest BCUT2D eigenvalue weighted by atomic mass is 16.5. The van der Waals surface area contributed by atoms with Crippen molar-refractivity contribution in [1.82, 2.24) is 10.6 Å². The molecular weight excluding hydrogens is 298 g/mol. The third-order valence-corrected chi connectivity index (χ3v) is 4.32. The summed E-state index contributed by atoms with van der Waals surface area (Å²) in [7, 11) is 0. The number of nitrogens with two attached hydrogens (primary N) is 3. The van der Waals surface area contributed by atoms with E-state index in [1.54, 1.807) is 0 Å². The summed E-state index contributed by atoms with van der Waals surface area (Å²) >= 11 is 0. The molecule has 0 unspecified atom stereocenters. The molecule has 3 rings (SSSR count). The maximum atomic E-state index is 10.8. The van der Waals surface area contributed by atoms with Gasteiger partial charge in [-0.05, 0) is 0 Å². The minimum Gasteiger partial charge on any atom is -0.446 e. The van der Waals surface area contributed by atoms with Gasteiger partial charge in [0.25, 0.3) is 11.4 Å². The maximum Gasteiger partial charge on any atom is 0.404 e. The largest absolute Gasteiger partial charge is 0.446 e. The van der Waals surface area contributed by atoms with Gasteiger partial charge in [0, 0.05) is 0 Å². The lowest BCUT2D eigenvalue weighted by Crippen LogP contribution is -2.91. The van der Waals surface area contributed by atoms with Gasteiger partial charge in [0.1, 0.15) is 25.3 Å². The van der Waals surface area contributed by atoms with Gasteiger partial charge in [0.05, 0.1) is 0 Å². The Kier molecular flexibility index (Phi) is 2.89. The number of hydrogen-bond donors (Lipinski definition) is 9. The van der Waals surface area contributed by atoms with E-state index in [0.717, 1.165) is 0 Å². The second kappa shape index (κ2) is 4.34. The molecule has 3 aliphatic heterocycles. The SMILES string of the molecule is NC(=O)OC[C@@H]1NC(N)=[N+]2C[C@@H](O)C(O)(O)[C@@]23NC(N)=[NH+][C@@H]13. The number of primary amides is 1. The fourth-order valence-electron chi connectivity index (χ4n) is 3.39. The Balaban J connectivity index is 2.05. The molecule has 0 aliphatic carbocycles. The molecule has 12 N–H and O–H groups in total. The number of amides is 1. The average Bonchev–Trinajstić information content (AvgIpc) is 2.86. The minimum absolute atomic E-state index is 0.0668. The molecule has 0 bridgehead atoms. The van der Waals surface area contributed by atoms with Crippen LogP contribution in [0.1, 0.15) is 0 Å². The molecular formula is C10H19N7O5+2. The van der Waals surface area contributed by atoms with Gasteiger partial charge in [0.15, 0.2) is 6.04 Å². The molecule has 0 aromatic heterocycles. The highest BCUT2D eigenvalue weighted by molar-refractivity contribution is 5.78. The zero-order valence-electron chi connectivity index (χ0n) is 11.5. The van der Waals surface area contributed by atoms with E-state index in [9.17, 15) is 20.1 Å². The van der Waals surface area contributed by atoms with Crippen molar-refractivity contribution < 1.29 is 34.4 Å². The lowest BCUT2D eigenvalue weighted by Gasteiger charge is -2.40. The summed E-state index contributed by atoms with van der Waals surface area (Å²) in [6, 6.07) is -1.44. The molecule has 122 valence electrons. The van der Waals surface area contributed by atoms with E-state index in [1.807, 2.05) is 0 Å². The molecule has 22 heavy (non-hydrogen) atoms. The summed E-state index contributed by atoms with van der Waals surface area (Å²) in [5.74, 6) is -2.41. The zero-order chi connectivity index (χ0) is 16.3. The van der Waals surface area contributed by atoms with Crippen molar-refractivity contribution in [1.29, 1.82) is 0 Å². The molecule has 3 aliphatic rings. The summed E-state index contributed by atoms with van der Waals surface area (Å²) in [6.45, 7) is -0.321. The van der Waals surface area contributed by atoms with Gasteiger partial charge in [-0.3, -0.25) is 21.8 Å². The third-order valence-electron chi connectivity index (χ3n) is 4.32. The Morgan fingerprint density at radius 2 is 2.18 bits per heavy atom. The molecule has 0 saturated carbocycles. The van der Waals surface area contributed by atoms with Crippen LogP contribution in [0.2, 0.25) is 0 Å². The quantitative estimate of drug-likeness (QED) is 0.175. The van der Waals surface area contributed by atoms with E-state index >= 15 is 0 Å². The van der Waals surface area contributed by atoms with Crippen molar-refractivity contribution in [3.8, 4) is 0 Å². The molecule has 1 fully saturated rings. The summed E-state index contributed by atoms with van der Waals surface area (Å²) in [5, 5.41) is 36.4. The van der Waals surface area contributed by atoms with Gasteiger partial charge < -0.3 is 25.8 Å². The summed E-state index contributed by atoms with van der Waals surface area (Å²) in [6.07, 6.45) is -2.48. The van der Waals surface area contributed by atoms with Crippen LogP contribution in [0.5, 0.6) is 0 Å². The van der Waals surface area contributed by atoms with E-state index < -0.39 is 35.7 Å². The first-order valence-electron chi connectivity index (χ1n) is 6.59. The molecule has 0 radical (unpaired) electrons. The van der Waals surface area contributed by atoms with E-state index in [-0.39, 0.29) is 25.1 Å². The summed E-state index contributed by atoms with van der Waals surface area (Å²) in [5.41, 5.74) is 15.0. The molecule has 0 aromatic carbocycles. The van der Waals surface area contributed by atoms with Gasteiger partial charge in [-0.25, -0.2) is 14.7 Å². The highest BCUT2D eigenvalue weighted by Crippen LogP contribution is 2.37. The fraction of sp³-hybridized carbons (Fsp3) is 0.700. The molecule has 12 heteroatoms. The van der Waals surface area contributed by atoms with Crippen LogP contribution in [-0.4, -0.2) is 80.7 Å². The van der Waals surface area contributed by atoms with Crippen LogP contribution in [0.15, 0.2) is 0 Å². The van der Waals surface area contributed by atoms with Gasteiger partial charge in [-0.1, -0.05) is 0 Å². The number of aliphatic hydroxyl groups excluding tert-OH is 1. The van der Waals surface area contributed by atoms with Gasteiger partial charge in [-0.15, -0.1) is 0 Å². The lowest BCUT2D eigenvalue weighted by atomic mass is 9.86. The van der Waals surface area contributed by atoms with Gasteiger partial charge in [0.2, 0.25) is 0 Å². The van der Waals surface area contributed by atoms with Crippen LogP contribution in [0, 0.1) is 0 Å². The first kappa shape index (κ1) is 14.6. The third kappa shape index (κ3) is 1.65. The number of ether oxygens (including phenoxy) is 1. The predicted octanol–water partition coefficient (Wildman–Crippen LogP) is -7.50. The highest BCUT2D eigenvalue weighted by Gasteiger charge is 2.77. The predicted molar refractivity (Wildman–Crippen MR) is 69.8 cm³/mol. The number of rotatable bonds is 2. The fourth-order valence-corrected chi connectivity index (χ4v) is 3.39. The molecule has 0 aromatic rings. The van der Waals surface area contributed by atoms with E-state index in [1.165, 1.54) is 4.58 Å². The van der Waals surface area contributed by atoms with Crippen LogP contribution in [0.4, 0.5) is 4.79 Å². The Labute approximate surface area is 124 Å². The van der Waals surface area contributed by atoms with Gasteiger partial charge >= 0.3 is 18.0 Å². The number of carbonyl (C=O) groups is 1. The number of aliphatic hydroxyl groups is 3. The van der Waals surface area contributed by atoms with Crippen molar-refractivity contribution >= 4 is 18.0 Å². The number of nitrogens with one attached hydrogen (secondary N) is 3. The summed E-state index contributed by atoms with van der Waals surface area (Å²) < 4.78 is 6.13. The maximum absolute atomic E-state index is 10.8. The van der Waals surface area contributed by atoms with Crippen LogP contribution in [0.25, 0.3) is 0 Å². The first-order chi connectivity index (χ1) is 10.2. The lowest BCUT2D eigenvalue weighted by molar-refractivity contribution is -0.674. The van der Waals surface area contributed by atoms with Crippen molar-refractivity contribution in [2.75, 3.05) is 13.2 Å². The van der Waals surface area contributed by atoms with Crippen molar-refractivity contribution in [3.05, 3.63) is 0 Å². The molecule has 4 atom stereocenters. The number of guanidine groups is 2. The standard InChI is InChI=1S/C10H17N7O5/c11-6-15-5-3(2-22-8(13)19)14-7(12)17-1-4(18)10(20,21)9(5,17)16-6/h3-5,18,20-21H,1-2H2,(H7,11,12,13,14,15,16,19)/p+2/t3-,4+,5-,9-/m0/s1. The first-order valence-corrected chi connectivity index (χ1v) is 6.59. The molecule has 1 saturated heterocycles. The minimum atomic E-state index is -2.55. The Morgan fingerprint density at radius 1 is 1.50 bits per heavy atom. The Hall–Kier alpha value is -2.31. The number of hydrogen-bond acceptors (Lipinski definition) is 9. The van der Waals surface area contributed by atoms with E-state index in [4.69, 9.17) is 21.9 Å². The second-order valence-corrected chi connectivity index (χ2v) is 5.55. The molecule has 12 nitrogen and oxygen atoms in total.